The summed E-state index contributed by atoms with van der Waals surface area (Å²) >= 11 is 0. The van der Waals surface area contributed by atoms with E-state index in [0.717, 1.165) is 53.8 Å². The minimum Gasteiger partial charge on any atom is -0.618 e. The van der Waals surface area contributed by atoms with Gasteiger partial charge in [-0.25, -0.2) is 8.42 Å². The molecule has 0 radical (unpaired) electrons. The van der Waals surface area contributed by atoms with Crippen LogP contribution in [-0.2, 0) is 25.1 Å². The third kappa shape index (κ3) is 8.49. The fraction of sp³-hybridized carbons (Fsp3) is 0.257. The van der Waals surface area contributed by atoms with Gasteiger partial charge in [0.1, 0.15) is 12.4 Å². The van der Waals surface area contributed by atoms with Crippen LogP contribution in [0.5, 0.6) is 5.75 Å². The molecule has 1 aliphatic heterocycles. The molecule has 0 atom stereocenters. The van der Waals surface area contributed by atoms with E-state index in [-0.39, 0.29) is 16.7 Å². The summed E-state index contributed by atoms with van der Waals surface area (Å²) in [4.78, 5) is 13.3. The summed E-state index contributed by atoms with van der Waals surface area (Å²) in [6, 6.07) is 24.9. The first-order valence-electron chi connectivity index (χ1n) is 15.0. The van der Waals surface area contributed by atoms with Crippen LogP contribution in [0.1, 0.15) is 37.3 Å². The molecule has 5 rings (SSSR count). The minimum absolute atomic E-state index is 0.229. The predicted octanol–water partition coefficient (Wildman–Crippen LogP) is 5.99. The highest BCUT2D eigenvalue weighted by Gasteiger charge is 2.24. The number of anilines is 2. The van der Waals surface area contributed by atoms with Crippen LogP contribution in [-0.4, -0.2) is 40.7 Å². The van der Waals surface area contributed by atoms with Crippen LogP contribution in [0.25, 0.3) is 17.2 Å². The Morgan fingerprint density at radius 2 is 1.73 bits per heavy atom. The zero-order valence-corrected chi connectivity index (χ0v) is 26.0. The summed E-state index contributed by atoms with van der Waals surface area (Å²) < 4.78 is 37.1. The number of hydrogen-bond acceptors (Lipinski definition) is 7. The average molecular weight is 628 g/mol. The maximum atomic E-state index is 13.3. The van der Waals surface area contributed by atoms with Crippen molar-refractivity contribution in [2.45, 2.75) is 37.0 Å². The Morgan fingerprint density at radius 3 is 2.49 bits per heavy atom. The standard InChI is InChI=1S/C35H37N3O6S/c1-2-3-20-43-21-22-44-32-14-9-27(10-15-32)28-11-16-33-30(23-28)24-29(17-18-36-33)35(39)37-31-12-7-26(8-13-31)25-45(41,42)34-6-4-5-19-38(34)40/h4-16,19,23-24,36H,2-3,17-18,20-22,25H2,1H3,(H,37,39). The van der Waals surface area contributed by atoms with Gasteiger partial charge in [0.05, 0.1) is 12.4 Å². The Balaban J connectivity index is 1.22. The Labute approximate surface area is 264 Å². The van der Waals surface area contributed by atoms with Crippen LogP contribution in [0.2, 0.25) is 0 Å². The number of amides is 1. The molecule has 4 aromatic rings. The molecule has 1 aromatic heterocycles. The summed E-state index contributed by atoms with van der Waals surface area (Å²) in [6.45, 7) is 4.57. The summed E-state index contributed by atoms with van der Waals surface area (Å²) in [6.07, 6.45) is 5.76. The van der Waals surface area contributed by atoms with Crippen molar-refractivity contribution in [3.8, 4) is 16.9 Å². The molecule has 0 fully saturated rings. The number of carbonyl (C=O) groups is 1. The van der Waals surface area contributed by atoms with Crippen molar-refractivity contribution in [3.63, 3.8) is 0 Å². The molecule has 234 valence electrons. The second-order valence-electron chi connectivity index (χ2n) is 10.8. The molecule has 2 heterocycles. The van der Waals surface area contributed by atoms with E-state index < -0.39 is 9.84 Å². The van der Waals surface area contributed by atoms with Gasteiger partial charge in [0.2, 0.25) is 9.84 Å². The molecular weight excluding hydrogens is 590 g/mol. The lowest BCUT2D eigenvalue weighted by atomic mass is 10.0. The first kappa shape index (κ1) is 31.7. The first-order valence-corrected chi connectivity index (χ1v) is 16.7. The third-order valence-corrected chi connectivity index (χ3v) is 9.05. The molecule has 0 saturated carbocycles. The van der Waals surface area contributed by atoms with Crippen molar-refractivity contribution >= 4 is 33.2 Å². The van der Waals surface area contributed by atoms with Gasteiger partial charge in [0.25, 0.3) is 5.91 Å². The minimum atomic E-state index is -3.83. The number of benzene rings is 3. The number of carbonyl (C=O) groups excluding carboxylic acids is 1. The van der Waals surface area contributed by atoms with E-state index in [9.17, 15) is 18.4 Å². The summed E-state index contributed by atoms with van der Waals surface area (Å²) in [7, 11) is -3.83. The lowest BCUT2D eigenvalue weighted by Crippen LogP contribution is -2.33. The summed E-state index contributed by atoms with van der Waals surface area (Å²) in [5.41, 5.74) is 5.59. The van der Waals surface area contributed by atoms with Gasteiger partial charge in [-0.2, -0.15) is 4.73 Å². The second kappa shape index (κ2) is 14.9. The van der Waals surface area contributed by atoms with Crippen LogP contribution in [0.15, 0.2) is 102 Å². The SMILES string of the molecule is CCCCOCCOc1ccc(-c2ccc3c(c2)C=C(C(=O)Nc2ccc(CS(=O)(=O)c4cccc[n+]4[O-])cc2)CCN3)cc1. The molecule has 2 N–H and O–H groups in total. The number of rotatable bonds is 13. The third-order valence-electron chi connectivity index (χ3n) is 7.38. The van der Waals surface area contributed by atoms with Gasteiger partial charge in [-0.15, -0.1) is 0 Å². The van der Waals surface area contributed by atoms with E-state index in [0.29, 0.717) is 47.7 Å². The monoisotopic (exact) mass is 627 g/mol. The van der Waals surface area contributed by atoms with Gasteiger partial charge in [0, 0.05) is 42.2 Å². The topological polar surface area (TPSA) is 121 Å². The van der Waals surface area contributed by atoms with E-state index in [2.05, 4.69) is 29.7 Å². The number of hydrogen-bond donors (Lipinski definition) is 2. The van der Waals surface area contributed by atoms with E-state index in [1.165, 1.54) is 18.2 Å². The highest BCUT2D eigenvalue weighted by atomic mass is 32.2. The molecule has 1 amide bonds. The molecule has 1 aliphatic rings. The molecular formula is C35H37N3O6S. The largest absolute Gasteiger partial charge is 0.618 e. The average Bonchev–Trinajstić information content (AvgIpc) is 3.26. The molecule has 9 nitrogen and oxygen atoms in total. The number of aromatic nitrogens is 1. The molecule has 0 unspecified atom stereocenters. The normalized spacial score (nSPS) is 12.8. The fourth-order valence-corrected chi connectivity index (χ4v) is 6.35. The Kier molecular flexibility index (Phi) is 10.5. The maximum Gasteiger partial charge on any atom is 0.308 e. The second-order valence-corrected chi connectivity index (χ2v) is 12.7. The maximum absolute atomic E-state index is 13.3. The van der Waals surface area contributed by atoms with Gasteiger partial charge in [-0.05, 0) is 83.6 Å². The molecule has 0 saturated heterocycles. The molecule has 45 heavy (non-hydrogen) atoms. The van der Waals surface area contributed by atoms with Crippen molar-refractivity contribution in [1.29, 1.82) is 0 Å². The predicted molar refractivity (Wildman–Crippen MR) is 176 cm³/mol. The smallest absolute Gasteiger partial charge is 0.308 e. The van der Waals surface area contributed by atoms with Crippen LogP contribution in [0, 0.1) is 5.21 Å². The zero-order chi connectivity index (χ0) is 31.6. The van der Waals surface area contributed by atoms with Crippen LogP contribution < -0.4 is 20.1 Å². The zero-order valence-electron chi connectivity index (χ0n) is 25.2. The summed E-state index contributed by atoms with van der Waals surface area (Å²) in [5, 5.41) is 17.9. The van der Waals surface area contributed by atoms with Crippen molar-refractivity contribution in [2.24, 2.45) is 0 Å². The molecule has 0 aliphatic carbocycles. The van der Waals surface area contributed by atoms with Gasteiger partial charge in [-0.3, -0.25) is 4.79 Å². The number of sulfone groups is 1. The van der Waals surface area contributed by atoms with E-state index >= 15 is 0 Å². The molecule has 0 spiro atoms. The van der Waals surface area contributed by atoms with Crippen molar-refractivity contribution in [2.75, 3.05) is 37.0 Å². The first-order chi connectivity index (χ1) is 21.8. The quantitative estimate of drug-likeness (QED) is 0.106. The van der Waals surface area contributed by atoms with Crippen molar-refractivity contribution in [3.05, 3.63) is 113 Å². The highest BCUT2D eigenvalue weighted by molar-refractivity contribution is 7.90. The van der Waals surface area contributed by atoms with Gasteiger partial charge in [0.15, 0.2) is 6.20 Å². The fourth-order valence-electron chi connectivity index (χ4n) is 4.95. The number of nitrogens with zero attached hydrogens (tertiary/aromatic N) is 1. The highest BCUT2D eigenvalue weighted by Crippen LogP contribution is 2.30. The van der Waals surface area contributed by atoms with E-state index in [1.807, 2.05) is 36.4 Å². The summed E-state index contributed by atoms with van der Waals surface area (Å²) in [5.74, 6) is 0.231. The van der Waals surface area contributed by atoms with Crippen molar-refractivity contribution in [1.82, 2.24) is 0 Å². The number of unbranched alkanes of at least 4 members (excludes halogenated alkanes) is 1. The van der Waals surface area contributed by atoms with E-state index in [1.54, 1.807) is 24.3 Å². The lowest BCUT2D eigenvalue weighted by Gasteiger charge is -2.11. The van der Waals surface area contributed by atoms with Crippen LogP contribution in [0.4, 0.5) is 11.4 Å². The van der Waals surface area contributed by atoms with Gasteiger partial charge in [-0.1, -0.05) is 43.7 Å². The van der Waals surface area contributed by atoms with Gasteiger partial charge >= 0.3 is 5.03 Å². The van der Waals surface area contributed by atoms with Crippen LogP contribution in [0.3, 0.4) is 0 Å². The van der Waals surface area contributed by atoms with E-state index in [4.69, 9.17) is 9.47 Å². The number of ether oxygens (including phenoxy) is 2. The number of fused-ring (bicyclic) bond motifs is 1. The molecule has 0 bridgehead atoms. The Hall–Kier alpha value is -4.67. The lowest BCUT2D eigenvalue weighted by molar-refractivity contribution is -0.646. The molecule has 3 aromatic carbocycles. The Bertz CT molecular complexity index is 1750. The van der Waals surface area contributed by atoms with Crippen LogP contribution >= 0.6 is 0 Å². The van der Waals surface area contributed by atoms with Crippen molar-refractivity contribution < 1.29 is 27.4 Å². The van der Waals surface area contributed by atoms with Gasteiger partial charge < -0.3 is 25.3 Å². The Morgan fingerprint density at radius 1 is 0.956 bits per heavy atom. The number of nitrogens with one attached hydrogen (secondary N) is 2. The number of pyridine rings is 1. The molecule has 10 heteroatoms.